The minimum Gasteiger partial charge on any atom is -0.481 e. The van der Waals surface area contributed by atoms with E-state index in [0.29, 0.717) is 0 Å². The molecule has 0 aliphatic carbocycles. The van der Waals surface area contributed by atoms with E-state index in [1.54, 1.807) is 0 Å². The highest BCUT2D eigenvalue weighted by Gasteiger charge is 2.45. The fraction of sp³-hybridized carbons (Fsp3) is 0.500. The van der Waals surface area contributed by atoms with Gasteiger partial charge in [-0.2, -0.15) is 8.42 Å². The van der Waals surface area contributed by atoms with Crippen molar-refractivity contribution in [1.29, 1.82) is 0 Å². The van der Waals surface area contributed by atoms with Gasteiger partial charge in [0.15, 0.2) is 23.2 Å². The number of aliphatic carboxylic acids is 2. The number of hydrogen-bond donors (Lipinski definition) is 7. The second-order valence-corrected chi connectivity index (χ2v) is 8.51. The molecule has 3 heterocycles. The van der Waals surface area contributed by atoms with E-state index in [9.17, 15) is 33.0 Å². The molecular formula is C16H21N7O11S. The normalized spacial score (nSPS) is 23.2. The van der Waals surface area contributed by atoms with Gasteiger partial charge in [-0.25, -0.2) is 29.7 Å². The molecule has 8 N–H and O–H groups in total. The van der Waals surface area contributed by atoms with E-state index in [1.807, 2.05) is 0 Å². The maximum absolute atomic E-state index is 12.3. The van der Waals surface area contributed by atoms with Gasteiger partial charge in [0.05, 0.1) is 12.9 Å². The molecule has 2 aromatic rings. The van der Waals surface area contributed by atoms with Gasteiger partial charge >= 0.3 is 28.3 Å². The average Bonchev–Trinajstić information content (AvgIpc) is 3.31. The highest BCUT2D eigenvalue weighted by molar-refractivity contribution is 7.84. The third-order valence-corrected chi connectivity index (χ3v) is 5.31. The number of aliphatic hydroxyl groups is 2. The summed E-state index contributed by atoms with van der Waals surface area (Å²) in [5.41, 5.74) is 0.0230. The van der Waals surface area contributed by atoms with E-state index in [1.165, 1.54) is 4.57 Å². The quantitative estimate of drug-likeness (QED) is 0.166. The summed E-state index contributed by atoms with van der Waals surface area (Å²) in [5, 5.41) is 47.6. The molecule has 1 unspecified atom stereocenters. The highest BCUT2D eigenvalue weighted by atomic mass is 32.2. The third kappa shape index (κ3) is 6.35. The first kappa shape index (κ1) is 26.1. The molecule has 18 nitrogen and oxygen atoms in total. The molecule has 1 aliphatic rings. The molecule has 0 radical (unpaired) electrons. The van der Waals surface area contributed by atoms with Crippen LogP contribution in [0.15, 0.2) is 12.7 Å². The Morgan fingerprint density at radius 1 is 1.20 bits per heavy atom. The molecule has 1 aliphatic heterocycles. The number of amides is 2. The Morgan fingerprint density at radius 2 is 1.91 bits per heavy atom. The predicted molar refractivity (Wildman–Crippen MR) is 111 cm³/mol. The molecular weight excluding hydrogens is 498 g/mol. The van der Waals surface area contributed by atoms with Crippen LogP contribution in [0.1, 0.15) is 19.1 Å². The van der Waals surface area contributed by atoms with Gasteiger partial charge in [0, 0.05) is 6.42 Å². The molecule has 2 amide bonds. The van der Waals surface area contributed by atoms with E-state index >= 15 is 0 Å². The summed E-state index contributed by atoms with van der Waals surface area (Å²) < 4.78 is 33.0. The Balaban J connectivity index is 1.76. The van der Waals surface area contributed by atoms with Crippen molar-refractivity contribution < 1.29 is 52.1 Å². The number of carboxylic acids is 2. The number of aliphatic hydroxyl groups excluding tert-OH is 2. The highest BCUT2D eigenvalue weighted by Crippen LogP contribution is 2.32. The van der Waals surface area contributed by atoms with Crippen molar-refractivity contribution in [3.8, 4) is 0 Å². The zero-order valence-corrected chi connectivity index (χ0v) is 18.4. The van der Waals surface area contributed by atoms with Crippen LogP contribution >= 0.6 is 0 Å². The lowest BCUT2D eigenvalue weighted by Gasteiger charge is -2.16. The van der Waals surface area contributed by atoms with Crippen molar-refractivity contribution in [2.45, 2.75) is 43.4 Å². The minimum atomic E-state index is -4.32. The molecule has 192 valence electrons. The average molecular weight is 519 g/mol. The fourth-order valence-corrected chi connectivity index (χ4v) is 3.54. The fourth-order valence-electron chi connectivity index (χ4n) is 3.22. The third-order valence-electron chi connectivity index (χ3n) is 4.85. The van der Waals surface area contributed by atoms with Crippen molar-refractivity contribution in [3.05, 3.63) is 12.7 Å². The molecule has 0 saturated carbocycles. The zero-order valence-electron chi connectivity index (χ0n) is 17.6. The number of carbonyl (C=O) groups excluding carboxylic acids is 1. The van der Waals surface area contributed by atoms with Gasteiger partial charge in [-0.15, -0.1) is 0 Å². The van der Waals surface area contributed by atoms with Gasteiger partial charge in [0.25, 0.3) is 0 Å². The molecule has 0 spiro atoms. The van der Waals surface area contributed by atoms with Crippen molar-refractivity contribution in [2.24, 2.45) is 5.14 Å². The molecule has 1 fully saturated rings. The summed E-state index contributed by atoms with van der Waals surface area (Å²) in [4.78, 5) is 46.1. The number of nitrogens with one attached hydrogen (secondary N) is 2. The summed E-state index contributed by atoms with van der Waals surface area (Å²) in [6.07, 6.45) is -4.33. The van der Waals surface area contributed by atoms with Crippen LogP contribution in [0.25, 0.3) is 11.2 Å². The number of urea groups is 1. The maximum Gasteiger partial charge on any atom is 0.333 e. The van der Waals surface area contributed by atoms with Gasteiger partial charge in [0.2, 0.25) is 0 Å². The summed E-state index contributed by atoms with van der Waals surface area (Å²) in [6, 6.07) is -2.49. The van der Waals surface area contributed by atoms with Crippen LogP contribution in [0.4, 0.5) is 10.6 Å². The first-order valence-corrected chi connectivity index (χ1v) is 11.2. The van der Waals surface area contributed by atoms with Gasteiger partial charge in [-0.3, -0.25) is 18.9 Å². The number of ether oxygens (including phenoxy) is 1. The van der Waals surface area contributed by atoms with E-state index in [2.05, 4.69) is 29.8 Å². The molecule has 2 aromatic heterocycles. The van der Waals surface area contributed by atoms with Crippen molar-refractivity contribution in [1.82, 2.24) is 24.8 Å². The molecule has 19 heteroatoms. The van der Waals surface area contributed by atoms with E-state index in [0.717, 1.165) is 12.7 Å². The summed E-state index contributed by atoms with van der Waals surface area (Å²) in [6.45, 7) is -0.672. The van der Waals surface area contributed by atoms with E-state index in [-0.39, 0.29) is 23.4 Å². The molecule has 0 bridgehead atoms. The van der Waals surface area contributed by atoms with Crippen LogP contribution in [0.5, 0.6) is 0 Å². The molecule has 0 aromatic carbocycles. The Bertz CT molecular complexity index is 1220. The van der Waals surface area contributed by atoms with Gasteiger partial charge in [-0.05, 0) is 6.42 Å². The number of aromatic nitrogens is 4. The van der Waals surface area contributed by atoms with Crippen molar-refractivity contribution >= 4 is 45.3 Å². The molecule has 1 saturated heterocycles. The SMILES string of the molecule is NS(=O)(=O)OCC1O[C@@H](n2cnc3c(NC(=O)N[C@@H](CCC(=O)O)C(=O)O)ncnc32)[C@H](O)[C@@H]1O. The molecule has 35 heavy (non-hydrogen) atoms. The maximum atomic E-state index is 12.3. The van der Waals surface area contributed by atoms with Crippen molar-refractivity contribution in [2.75, 3.05) is 11.9 Å². The first-order chi connectivity index (χ1) is 16.4. The monoisotopic (exact) mass is 519 g/mol. The Hall–Kier alpha value is -3.49. The number of carboxylic acid groups (broad SMARTS) is 2. The summed E-state index contributed by atoms with van der Waals surface area (Å²) >= 11 is 0. The van der Waals surface area contributed by atoms with Crippen LogP contribution in [-0.2, 0) is 28.8 Å². The number of anilines is 1. The Kier molecular flexibility index (Phi) is 7.77. The Morgan fingerprint density at radius 3 is 2.54 bits per heavy atom. The smallest absolute Gasteiger partial charge is 0.333 e. The topological polar surface area (TPSA) is 278 Å². The number of imidazole rings is 1. The van der Waals surface area contributed by atoms with E-state index in [4.69, 9.17) is 20.1 Å². The minimum absolute atomic E-state index is 0.00501. The summed E-state index contributed by atoms with van der Waals surface area (Å²) in [7, 11) is -4.32. The lowest BCUT2D eigenvalue weighted by molar-refractivity contribution is -0.140. The number of nitrogens with two attached hydrogens (primary N) is 1. The Labute approximate surface area is 195 Å². The number of nitrogens with zero attached hydrogens (tertiary/aromatic N) is 4. The largest absolute Gasteiger partial charge is 0.481 e. The lowest BCUT2D eigenvalue weighted by atomic mass is 10.1. The molecule has 3 rings (SSSR count). The van der Waals surface area contributed by atoms with Crippen LogP contribution in [0.3, 0.4) is 0 Å². The van der Waals surface area contributed by atoms with Gasteiger partial charge < -0.3 is 30.5 Å². The second kappa shape index (κ2) is 10.4. The van der Waals surface area contributed by atoms with Gasteiger partial charge in [-0.1, -0.05) is 0 Å². The van der Waals surface area contributed by atoms with Crippen LogP contribution in [-0.4, -0.2) is 97.3 Å². The van der Waals surface area contributed by atoms with Crippen LogP contribution < -0.4 is 15.8 Å². The van der Waals surface area contributed by atoms with Crippen LogP contribution in [0.2, 0.25) is 0 Å². The number of carbonyl (C=O) groups is 3. The van der Waals surface area contributed by atoms with Gasteiger partial charge in [0.1, 0.15) is 30.7 Å². The first-order valence-electron chi connectivity index (χ1n) is 9.75. The number of fused-ring (bicyclic) bond motifs is 1. The van der Waals surface area contributed by atoms with E-state index < -0.39 is 71.9 Å². The number of hydrogen-bond acceptors (Lipinski definition) is 12. The lowest BCUT2D eigenvalue weighted by Crippen LogP contribution is -2.43. The standard InChI is InChI=1S/C16H21N7O11S/c17-35(31,32)33-3-7-10(26)11(27)14(34-7)23-5-20-9-12(18-4-19-13(9)23)22-16(30)21-6(15(28)29)1-2-8(24)25/h4-7,10-11,14,26-27H,1-3H2,(H,24,25)(H,28,29)(H2,17,31,32)(H2,18,19,21,22,30)/t6-,7?,10+,11+,14+/m0/s1. The van der Waals surface area contributed by atoms with Crippen molar-refractivity contribution in [3.63, 3.8) is 0 Å². The van der Waals surface area contributed by atoms with Crippen LogP contribution in [0, 0.1) is 0 Å². The predicted octanol–water partition coefficient (Wildman–Crippen LogP) is -2.89. The molecule has 5 atom stereocenters. The second-order valence-electron chi connectivity index (χ2n) is 7.29. The summed E-state index contributed by atoms with van der Waals surface area (Å²) in [5.74, 6) is -2.83. The number of rotatable bonds is 10. The zero-order chi connectivity index (χ0) is 25.9.